The third-order valence-electron chi connectivity index (χ3n) is 4.79. The molecule has 1 atom stereocenters. The molecule has 0 aliphatic carbocycles. The SMILES string of the molecule is C[C@@H](NCc1cccc(-c2ccccn2)c1)c1cccc2ccccc12. The van der Waals surface area contributed by atoms with Crippen LogP contribution in [0.5, 0.6) is 0 Å². The van der Waals surface area contributed by atoms with Crippen molar-refractivity contribution < 1.29 is 0 Å². The minimum absolute atomic E-state index is 0.277. The van der Waals surface area contributed by atoms with Crippen molar-refractivity contribution in [3.8, 4) is 11.3 Å². The second-order valence-corrected chi connectivity index (χ2v) is 6.59. The van der Waals surface area contributed by atoms with Gasteiger partial charge in [0.25, 0.3) is 0 Å². The molecule has 0 saturated heterocycles. The molecule has 2 nitrogen and oxygen atoms in total. The highest BCUT2D eigenvalue weighted by Crippen LogP contribution is 2.24. The molecule has 0 amide bonds. The first-order valence-electron chi connectivity index (χ1n) is 9.03. The lowest BCUT2D eigenvalue weighted by Gasteiger charge is -2.17. The van der Waals surface area contributed by atoms with E-state index < -0.39 is 0 Å². The van der Waals surface area contributed by atoms with E-state index in [1.54, 1.807) is 0 Å². The molecule has 0 bridgehead atoms. The normalized spacial score (nSPS) is 12.2. The average Bonchev–Trinajstić information content (AvgIpc) is 2.72. The van der Waals surface area contributed by atoms with Crippen molar-refractivity contribution in [2.45, 2.75) is 19.5 Å². The predicted octanol–water partition coefficient (Wildman–Crippen LogP) is 5.75. The molecule has 26 heavy (non-hydrogen) atoms. The van der Waals surface area contributed by atoms with Crippen LogP contribution in [0.3, 0.4) is 0 Å². The van der Waals surface area contributed by atoms with Crippen LogP contribution in [0.4, 0.5) is 0 Å². The van der Waals surface area contributed by atoms with E-state index in [1.807, 2.05) is 24.4 Å². The molecule has 1 aromatic heterocycles. The molecular weight excluding hydrogens is 316 g/mol. The van der Waals surface area contributed by atoms with Gasteiger partial charge in [-0.1, -0.05) is 66.7 Å². The Bertz CT molecular complexity index is 1000. The molecule has 4 aromatic rings. The van der Waals surface area contributed by atoms with E-state index in [0.29, 0.717) is 0 Å². The number of pyridine rings is 1. The number of nitrogens with zero attached hydrogens (tertiary/aromatic N) is 1. The van der Waals surface area contributed by atoms with Gasteiger partial charge in [0.05, 0.1) is 5.69 Å². The molecule has 2 heteroatoms. The average molecular weight is 338 g/mol. The fraction of sp³-hybridized carbons (Fsp3) is 0.125. The van der Waals surface area contributed by atoms with Crippen LogP contribution < -0.4 is 5.32 Å². The Labute approximate surface area is 154 Å². The van der Waals surface area contributed by atoms with Gasteiger partial charge < -0.3 is 5.32 Å². The van der Waals surface area contributed by atoms with Crippen molar-refractivity contribution in [3.63, 3.8) is 0 Å². The van der Waals surface area contributed by atoms with Gasteiger partial charge in [-0.05, 0) is 47.0 Å². The number of hydrogen-bond donors (Lipinski definition) is 1. The Morgan fingerprint density at radius 2 is 1.65 bits per heavy atom. The molecule has 128 valence electrons. The summed E-state index contributed by atoms with van der Waals surface area (Å²) in [6, 6.07) is 30.0. The van der Waals surface area contributed by atoms with Gasteiger partial charge in [-0.3, -0.25) is 4.98 Å². The molecule has 3 aromatic carbocycles. The standard InChI is InChI=1S/C24H22N2/c1-18(22-13-7-10-20-9-2-3-12-23(20)22)26-17-19-8-6-11-21(16-19)24-14-4-5-15-25-24/h2-16,18,26H,17H2,1H3/t18-/m1/s1. The number of fused-ring (bicyclic) bond motifs is 1. The highest BCUT2D eigenvalue weighted by Gasteiger charge is 2.09. The molecule has 0 radical (unpaired) electrons. The number of hydrogen-bond acceptors (Lipinski definition) is 2. The lowest BCUT2D eigenvalue weighted by molar-refractivity contribution is 0.578. The van der Waals surface area contributed by atoms with Gasteiger partial charge >= 0.3 is 0 Å². The van der Waals surface area contributed by atoms with Crippen LogP contribution in [0.2, 0.25) is 0 Å². The zero-order valence-corrected chi connectivity index (χ0v) is 14.9. The number of aromatic nitrogens is 1. The second-order valence-electron chi connectivity index (χ2n) is 6.59. The van der Waals surface area contributed by atoms with Crippen molar-refractivity contribution in [1.29, 1.82) is 0 Å². The van der Waals surface area contributed by atoms with Gasteiger partial charge in [0.15, 0.2) is 0 Å². The van der Waals surface area contributed by atoms with Crippen LogP contribution in [0.1, 0.15) is 24.1 Å². The fourth-order valence-electron chi connectivity index (χ4n) is 3.38. The third-order valence-corrected chi connectivity index (χ3v) is 4.79. The van der Waals surface area contributed by atoms with Gasteiger partial charge in [0.1, 0.15) is 0 Å². The summed E-state index contributed by atoms with van der Waals surface area (Å²) in [5.41, 5.74) is 4.77. The number of benzene rings is 3. The van der Waals surface area contributed by atoms with E-state index in [-0.39, 0.29) is 6.04 Å². The Morgan fingerprint density at radius 1 is 0.846 bits per heavy atom. The quantitative estimate of drug-likeness (QED) is 0.501. The lowest BCUT2D eigenvalue weighted by Crippen LogP contribution is -2.18. The molecule has 0 aliphatic heterocycles. The second kappa shape index (κ2) is 7.51. The van der Waals surface area contributed by atoms with E-state index in [0.717, 1.165) is 17.8 Å². The molecule has 0 saturated carbocycles. The first-order chi connectivity index (χ1) is 12.8. The van der Waals surface area contributed by atoms with Gasteiger partial charge in [-0.15, -0.1) is 0 Å². The van der Waals surface area contributed by atoms with Gasteiger partial charge in [0.2, 0.25) is 0 Å². The topological polar surface area (TPSA) is 24.9 Å². The summed E-state index contributed by atoms with van der Waals surface area (Å²) in [5.74, 6) is 0. The van der Waals surface area contributed by atoms with Crippen LogP contribution in [-0.4, -0.2) is 4.98 Å². The summed E-state index contributed by atoms with van der Waals surface area (Å²) >= 11 is 0. The third kappa shape index (κ3) is 3.51. The molecule has 1 N–H and O–H groups in total. The monoisotopic (exact) mass is 338 g/mol. The van der Waals surface area contributed by atoms with Gasteiger partial charge in [-0.25, -0.2) is 0 Å². The number of nitrogens with one attached hydrogen (secondary N) is 1. The lowest BCUT2D eigenvalue weighted by atomic mass is 9.99. The number of rotatable bonds is 5. The van der Waals surface area contributed by atoms with Crippen molar-refractivity contribution >= 4 is 10.8 Å². The van der Waals surface area contributed by atoms with Crippen molar-refractivity contribution in [3.05, 3.63) is 102 Å². The summed E-state index contributed by atoms with van der Waals surface area (Å²) in [7, 11) is 0. The van der Waals surface area contributed by atoms with Crippen LogP contribution >= 0.6 is 0 Å². The maximum absolute atomic E-state index is 4.45. The molecule has 0 spiro atoms. The Kier molecular flexibility index (Phi) is 4.76. The summed E-state index contributed by atoms with van der Waals surface area (Å²) < 4.78 is 0. The Morgan fingerprint density at radius 3 is 2.54 bits per heavy atom. The van der Waals surface area contributed by atoms with Crippen molar-refractivity contribution in [1.82, 2.24) is 10.3 Å². The first-order valence-corrected chi connectivity index (χ1v) is 9.03. The van der Waals surface area contributed by atoms with E-state index in [4.69, 9.17) is 0 Å². The Hall–Kier alpha value is -2.97. The highest BCUT2D eigenvalue weighted by atomic mass is 14.9. The maximum Gasteiger partial charge on any atom is 0.0702 e. The van der Waals surface area contributed by atoms with Crippen LogP contribution in [-0.2, 0) is 6.54 Å². The molecule has 0 fully saturated rings. The predicted molar refractivity (Wildman–Crippen MR) is 109 cm³/mol. The first kappa shape index (κ1) is 16.5. The summed E-state index contributed by atoms with van der Waals surface area (Å²) in [4.78, 5) is 4.45. The smallest absolute Gasteiger partial charge is 0.0702 e. The molecular formula is C24H22N2. The van der Waals surface area contributed by atoms with E-state index in [1.165, 1.54) is 21.9 Å². The molecule has 1 heterocycles. The minimum atomic E-state index is 0.277. The van der Waals surface area contributed by atoms with E-state index in [9.17, 15) is 0 Å². The molecule has 0 unspecified atom stereocenters. The molecule has 4 rings (SSSR count). The zero-order chi connectivity index (χ0) is 17.8. The van der Waals surface area contributed by atoms with Crippen LogP contribution in [0.15, 0.2) is 91.1 Å². The van der Waals surface area contributed by atoms with Gasteiger partial charge in [-0.2, -0.15) is 0 Å². The van der Waals surface area contributed by atoms with E-state index in [2.05, 4.69) is 84.0 Å². The van der Waals surface area contributed by atoms with Gasteiger partial charge in [0, 0.05) is 24.3 Å². The maximum atomic E-state index is 4.45. The largest absolute Gasteiger partial charge is 0.306 e. The summed E-state index contributed by atoms with van der Waals surface area (Å²) in [5, 5.41) is 6.27. The van der Waals surface area contributed by atoms with Crippen molar-refractivity contribution in [2.24, 2.45) is 0 Å². The highest BCUT2D eigenvalue weighted by molar-refractivity contribution is 5.86. The fourth-order valence-corrected chi connectivity index (χ4v) is 3.38. The molecule has 0 aliphatic rings. The zero-order valence-electron chi connectivity index (χ0n) is 14.9. The van der Waals surface area contributed by atoms with Crippen molar-refractivity contribution in [2.75, 3.05) is 0 Å². The summed E-state index contributed by atoms with van der Waals surface area (Å²) in [6.07, 6.45) is 1.84. The van der Waals surface area contributed by atoms with Crippen LogP contribution in [0.25, 0.3) is 22.0 Å². The van der Waals surface area contributed by atoms with E-state index >= 15 is 0 Å². The minimum Gasteiger partial charge on any atom is -0.306 e. The van der Waals surface area contributed by atoms with Crippen LogP contribution in [0, 0.1) is 0 Å². The Balaban J connectivity index is 1.52. The summed E-state index contributed by atoms with van der Waals surface area (Å²) in [6.45, 7) is 3.05.